The molecule has 2 aromatic carbocycles. The lowest BCUT2D eigenvalue weighted by Gasteiger charge is -2.16. The maximum atomic E-state index is 14.0. The second-order valence-electron chi connectivity index (χ2n) is 6.42. The zero-order valence-corrected chi connectivity index (χ0v) is 18.2. The van der Waals surface area contributed by atoms with E-state index in [2.05, 4.69) is 4.98 Å². The fraction of sp³-hybridized carbons (Fsp3) is 0.143. The minimum Gasteiger partial charge on any atom is -0.484 e. The number of thiophene rings is 1. The molecule has 2 aromatic heterocycles. The van der Waals surface area contributed by atoms with Crippen LogP contribution in [-0.4, -0.2) is 22.6 Å². The zero-order chi connectivity index (χ0) is 21.4. The zero-order valence-electron chi connectivity index (χ0n) is 15.9. The van der Waals surface area contributed by atoms with Gasteiger partial charge < -0.3 is 9.47 Å². The highest BCUT2D eigenvalue weighted by molar-refractivity contribution is 7.16. The van der Waals surface area contributed by atoms with Gasteiger partial charge in [-0.05, 0) is 19.1 Å². The number of carbonyl (C=O) groups is 1. The molecule has 154 valence electrons. The largest absolute Gasteiger partial charge is 0.484 e. The minimum atomic E-state index is -0.556. The number of ether oxygens (including phenoxy) is 2. The molecule has 0 amide bonds. The van der Waals surface area contributed by atoms with Crippen LogP contribution in [0.2, 0.25) is 10.0 Å². The van der Waals surface area contributed by atoms with Gasteiger partial charge in [0.15, 0.2) is 4.88 Å². The summed E-state index contributed by atoms with van der Waals surface area (Å²) in [6.07, 6.45) is 1.12. The monoisotopic (exact) mass is 464 g/mol. The summed E-state index contributed by atoms with van der Waals surface area (Å²) in [6, 6.07) is 11.8. The van der Waals surface area contributed by atoms with Gasteiger partial charge in [-0.3, -0.25) is 4.57 Å². The molecule has 0 bridgehead atoms. The molecule has 30 heavy (non-hydrogen) atoms. The van der Waals surface area contributed by atoms with Gasteiger partial charge in [-0.25, -0.2) is 14.2 Å². The summed E-state index contributed by atoms with van der Waals surface area (Å²) < 4.78 is 26.6. The highest BCUT2D eigenvalue weighted by atomic mass is 35.5. The molecule has 0 saturated heterocycles. The lowest BCUT2D eigenvalue weighted by Crippen LogP contribution is -2.07. The number of esters is 1. The Morgan fingerprint density at radius 2 is 1.97 bits per heavy atom. The van der Waals surface area contributed by atoms with Crippen LogP contribution < -0.4 is 4.74 Å². The van der Waals surface area contributed by atoms with E-state index in [1.54, 1.807) is 16.7 Å². The number of hydrogen-bond donors (Lipinski definition) is 0. The molecule has 0 spiro atoms. The molecule has 5 nitrogen and oxygen atoms in total. The van der Waals surface area contributed by atoms with Crippen LogP contribution in [-0.2, 0) is 4.74 Å². The van der Waals surface area contributed by atoms with Crippen molar-refractivity contribution >= 4 is 51.5 Å². The van der Waals surface area contributed by atoms with Crippen molar-refractivity contribution in [1.82, 2.24) is 9.55 Å². The summed E-state index contributed by atoms with van der Waals surface area (Å²) in [5.41, 5.74) is 1.83. The van der Waals surface area contributed by atoms with Gasteiger partial charge >= 0.3 is 5.97 Å². The van der Waals surface area contributed by atoms with Crippen molar-refractivity contribution in [2.75, 3.05) is 7.11 Å². The third-order valence-corrected chi connectivity index (χ3v) is 6.26. The molecule has 0 radical (unpaired) electrons. The first-order valence-electron chi connectivity index (χ1n) is 8.84. The highest BCUT2D eigenvalue weighted by Gasteiger charge is 2.23. The molecule has 0 saturated carbocycles. The number of nitrogens with zero attached hydrogens (tertiary/aromatic N) is 2. The molecular formula is C21H15Cl2FN2O3S. The molecule has 2 heterocycles. The molecule has 0 unspecified atom stereocenters. The van der Waals surface area contributed by atoms with Gasteiger partial charge in [-0.15, -0.1) is 11.3 Å². The van der Waals surface area contributed by atoms with E-state index in [0.29, 0.717) is 26.8 Å². The number of halogens is 3. The predicted octanol–water partition coefficient (Wildman–Crippen LogP) is 6.46. The number of aromatic nitrogens is 2. The van der Waals surface area contributed by atoms with E-state index in [4.69, 9.17) is 32.7 Å². The summed E-state index contributed by atoms with van der Waals surface area (Å²) in [4.78, 5) is 16.9. The number of rotatable bonds is 5. The second-order valence-corrected chi connectivity index (χ2v) is 8.27. The Morgan fingerprint density at radius 3 is 2.70 bits per heavy atom. The van der Waals surface area contributed by atoms with Crippen molar-refractivity contribution in [3.8, 4) is 10.8 Å². The standard InChI is InChI=1S/C21H15Cl2FN2O3S/c1-11(12-5-3-4-6-13(12)22)29-18-9-19(30-20(18)21(27)28-2)26-10-25-16-7-14(23)15(24)8-17(16)26/h3-11H,1-2H3/t11-/m1/s1. The maximum absolute atomic E-state index is 14.0. The van der Waals surface area contributed by atoms with E-state index < -0.39 is 17.9 Å². The quantitative estimate of drug-likeness (QED) is 0.318. The number of fused-ring (bicyclic) bond motifs is 1. The van der Waals surface area contributed by atoms with E-state index >= 15 is 0 Å². The normalized spacial score (nSPS) is 12.2. The fourth-order valence-electron chi connectivity index (χ4n) is 3.04. The summed E-state index contributed by atoms with van der Waals surface area (Å²) in [7, 11) is 1.30. The molecular weight excluding hydrogens is 450 g/mol. The third kappa shape index (κ3) is 3.76. The first kappa shape index (κ1) is 20.7. The Morgan fingerprint density at radius 1 is 1.20 bits per heavy atom. The Kier molecular flexibility index (Phi) is 5.69. The SMILES string of the molecule is COC(=O)c1sc(-n2cnc3cc(Cl)c(F)cc32)cc1O[C@H](C)c1ccccc1Cl. The van der Waals surface area contributed by atoms with Crippen LogP contribution in [0.15, 0.2) is 48.8 Å². The van der Waals surface area contributed by atoms with Crippen LogP contribution in [0.3, 0.4) is 0 Å². The van der Waals surface area contributed by atoms with Gasteiger partial charge in [-0.1, -0.05) is 41.4 Å². The molecule has 0 aliphatic carbocycles. The summed E-state index contributed by atoms with van der Waals surface area (Å²) in [5.74, 6) is -0.753. The number of methoxy groups -OCH3 is 1. The maximum Gasteiger partial charge on any atom is 0.351 e. The van der Waals surface area contributed by atoms with Gasteiger partial charge in [0.1, 0.15) is 29.0 Å². The predicted molar refractivity (Wildman–Crippen MR) is 116 cm³/mol. The Bertz CT molecular complexity index is 1250. The Labute approximate surface area is 185 Å². The van der Waals surface area contributed by atoms with Crippen LogP contribution >= 0.6 is 34.5 Å². The molecule has 1 atom stereocenters. The molecule has 0 aliphatic rings. The molecule has 4 rings (SSSR count). The van der Waals surface area contributed by atoms with E-state index in [9.17, 15) is 9.18 Å². The lowest BCUT2D eigenvalue weighted by atomic mass is 10.1. The summed E-state index contributed by atoms with van der Waals surface area (Å²) >= 11 is 13.3. The Hall–Kier alpha value is -2.61. The topological polar surface area (TPSA) is 53.4 Å². The van der Waals surface area contributed by atoms with Gasteiger partial charge in [0, 0.05) is 22.7 Å². The van der Waals surface area contributed by atoms with Crippen molar-refractivity contribution < 1.29 is 18.7 Å². The smallest absolute Gasteiger partial charge is 0.351 e. The second kappa shape index (κ2) is 8.26. The van der Waals surface area contributed by atoms with E-state index in [0.717, 1.165) is 16.9 Å². The van der Waals surface area contributed by atoms with Crippen molar-refractivity contribution in [2.45, 2.75) is 13.0 Å². The fourth-order valence-corrected chi connectivity index (χ4v) is 4.48. The third-order valence-electron chi connectivity index (χ3n) is 4.53. The average Bonchev–Trinajstić information content (AvgIpc) is 3.32. The van der Waals surface area contributed by atoms with Crippen molar-refractivity contribution in [3.05, 3.63) is 75.1 Å². The summed E-state index contributed by atoms with van der Waals surface area (Å²) in [5, 5.41) is 1.17. The van der Waals surface area contributed by atoms with E-state index in [1.165, 1.54) is 25.6 Å². The number of carbonyl (C=O) groups excluding carboxylic acids is 1. The van der Waals surface area contributed by atoms with E-state index in [1.807, 2.05) is 25.1 Å². The molecule has 9 heteroatoms. The van der Waals surface area contributed by atoms with Gasteiger partial charge in [0.2, 0.25) is 0 Å². The van der Waals surface area contributed by atoms with Crippen LogP contribution in [0.25, 0.3) is 16.0 Å². The van der Waals surface area contributed by atoms with E-state index in [-0.39, 0.29) is 9.90 Å². The van der Waals surface area contributed by atoms with Crippen molar-refractivity contribution in [1.29, 1.82) is 0 Å². The summed E-state index contributed by atoms with van der Waals surface area (Å²) in [6.45, 7) is 1.84. The van der Waals surface area contributed by atoms with Gasteiger partial charge in [0.25, 0.3) is 0 Å². The van der Waals surface area contributed by atoms with Crippen LogP contribution in [0, 0.1) is 5.82 Å². The molecule has 0 N–H and O–H groups in total. The van der Waals surface area contributed by atoms with Gasteiger partial charge in [0.05, 0.1) is 23.2 Å². The highest BCUT2D eigenvalue weighted by Crippen LogP contribution is 2.38. The molecule has 4 aromatic rings. The van der Waals surface area contributed by atoms with Crippen molar-refractivity contribution in [2.24, 2.45) is 0 Å². The van der Waals surface area contributed by atoms with Gasteiger partial charge in [-0.2, -0.15) is 0 Å². The molecule has 0 aliphatic heterocycles. The first-order valence-corrected chi connectivity index (χ1v) is 10.4. The number of benzene rings is 2. The minimum absolute atomic E-state index is 0.00762. The average molecular weight is 465 g/mol. The number of imidazole rings is 1. The van der Waals surface area contributed by atoms with Crippen LogP contribution in [0.5, 0.6) is 5.75 Å². The van der Waals surface area contributed by atoms with Crippen LogP contribution in [0.4, 0.5) is 4.39 Å². The first-order chi connectivity index (χ1) is 14.4. The van der Waals surface area contributed by atoms with Crippen LogP contribution in [0.1, 0.15) is 28.3 Å². The Balaban J connectivity index is 1.77. The van der Waals surface area contributed by atoms with Crippen molar-refractivity contribution in [3.63, 3.8) is 0 Å². The lowest BCUT2D eigenvalue weighted by molar-refractivity contribution is 0.0600. The molecule has 0 fully saturated rings. The number of hydrogen-bond acceptors (Lipinski definition) is 5.